The van der Waals surface area contributed by atoms with Gasteiger partial charge in [-0.1, -0.05) is 11.6 Å². The number of carboxylic acids is 1. The van der Waals surface area contributed by atoms with Gasteiger partial charge in [-0.15, -0.1) is 0 Å². The normalized spacial score (nSPS) is 10.1. The average molecular weight is 222 g/mol. The highest BCUT2D eigenvalue weighted by atomic mass is 16.4. The Morgan fingerprint density at radius 2 is 2.12 bits per heavy atom. The Bertz CT molecular complexity index is 364. The van der Waals surface area contributed by atoms with E-state index in [4.69, 9.17) is 5.11 Å². The molecule has 16 heavy (non-hydrogen) atoms. The van der Waals surface area contributed by atoms with Crippen molar-refractivity contribution in [2.24, 2.45) is 0 Å². The molecule has 0 aromatic heterocycles. The second-order valence-corrected chi connectivity index (χ2v) is 3.74. The van der Waals surface area contributed by atoms with E-state index in [1.807, 2.05) is 26.1 Å². The van der Waals surface area contributed by atoms with Crippen LogP contribution < -0.4 is 10.6 Å². The molecule has 1 rings (SSSR count). The summed E-state index contributed by atoms with van der Waals surface area (Å²) in [6.07, 6.45) is 0.962. The van der Waals surface area contributed by atoms with E-state index in [9.17, 15) is 4.79 Å². The number of rotatable bonds is 6. The molecule has 4 nitrogen and oxygen atoms in total. The van der Waals surface area contributed by atoms with E-state index >= 15 is 0 Å². The third kappa shape index (κ3) is 3.55. The molecule has 3 N–H and O–H groups in total. The third-order valence-electron chi connectivity index (χ3n) is 2.32. The van der Waals surface area contributed by atoms with Crippen LogP contribution in [0, 0.1) is 6.92 Å². The lowest BCUT2D eigenvalue weighted by atomic mass is 10.1. The Morgan fingerprint density at radius 1 is 1.38 bits per heavy atom. The Hall–Kier alpha value is -1.55. The number of benzene rings is 1. The lowest BCUT2D eigenvalue weighted by molar-refractivity contribution is 0.0698. The molecule has 0 spiro atoms. The molecule has 1 aromatic carbocycles. The van der Waals surface area contributed by atoms with Crippen molar-refractivity contribution >= 4 is 11.7 Å². The summed E-state index contributed by atoms with van der Waals surface area (Å²) in [7, 11) is 1.90. The molecule has 0 fully saturated rings. The minimum atomic E-state index is -0.889. The lowest BCUT2D eigenvalue weighted by Gasteiger charge is -2.10. The van der Waals surface area contributed by atoms with Crippen LogP contribution in [0.3, 0.4) is 0 Å². The first-order valence-electron chi connectivity index (χ1n) is 5.37. The van der Waals surface area contributed by atoms with Gasteiger partial charge < -0.3 is 15.7 Å². The number of carboxylic acid groups (broad SMARTS) is 1. The second-order valence-electron chi connectivity index (χ2n) is 3.74. The molecule has 0 bridgehead atoms. The monoisotopic (exact) mass is 222 g/mol. The number of nitrogens with one attached hydrogen (secondary N) is 2. The highest BCUT2D eigenvalue weighted by molar-refractivity contribution is 5.94. The average Bonchev–Trinajstić information content (AvgIpc) is 2.26. The van der Waals surface area contributed by atoms with Crippen LogP contribution in [0.5, 0.6) is 0 Å². The van der Waals surface area contributed by atoms with Crippen LogP contribution >= 0.6 is 0 Å². The molecule has 0 atom stereocenters. The van der Waals surface area contributed by atoms with Gasteiger partial charge in [-0.25, -0.2) is 4.79 Å². The van der Waals surface area contributed by atoms with Crippen molar-refractivity contribution in [3.8, 4) is 0 Å². The standard InChI is InChI=1S/C12H18N2O2/c1-9-4-5-11(10(8-9)12(15)16)14-7-3-6-13-2/h4-5,8,13-14H,3,6-7H2,1-2H3,(H,15,16). The van der Waals surface area contributed by atoms with Gasteiger partial charge in [0.15, 0.2) is 0 Å². The zero-order chi connectivity index (χ0) is 12.0. The van der Waals surface area contributed by atoms with Crippen LogP contribution in [0.4, 0.5) is 5.69 Å². The SMILES string of the molecule is CNCCCNc1ccc(C)cc1C(=O)O. The van der Waals surface area contributed by atoms with Crippen molar-refractivity contribution in [3.63, 3.8) is 0 Å². The Balaban J connectivity index is 2.67. The highest BCUT2D eigenvalue weighted by Crippen LogP contribution is 2.17. The Morgan fingerprint density at radius 3 is 2.75 bits per heavy atom. The van der Waals surface area contributed by atoms with Gasteiger partial charge in [-0.2, -0.15) is 0 Å². The predicted molar refractivity (Wildman–Crippen MR) is 65.2 cm³/mol. The molecule has 0 heterocycles. The van der Waals surface area contributed by atoms with Crippen molar-refractivity contribution in [2.75, 3.05) is 25.5 Å². The molecule has 0 saturated heterocycles. The van der Waals surface area contributed by atoms with Gasteiger partial charge in [0.25, 0.3) is 0 Å². The first-order chi connectivity index (χ1) is 7.65. The maximum absolute atomic E-state index is 11.0. The summed E-state index contributed by atoms with van der Waals surface area (Å²) in [5.41, 5.74) is 1.98. The van der Waals surface area contributed by atoms with E-state index in [0.717, 1.165) is 25.1 Å². The van der Waals surface area contributed by atoms with Crippen molar-refractivity contribution in [1.29, 1.82) is 0 Å². The van der Waals surface area contributed by atoms with Crippen molar-refractivity contribution in [3.05, 3.63) is 29.3 Å². The number of aromatic carboxylic acids is 1. The second kappa shape index (κ2) is 6.12. The van der Waals surface area contributed by atoms with E-state index in [1.165, 1.54) is 0 Å². The maximum Gasteiger partial charge on any atom is 0.337 e. The Kier molecular flexibility index (Phi) is 4.79. The predicted octanol–water partition coefficient (Wildman–Crippen LogP) is 1.71. The van der Waals surface area contributed by atoms with E-state index in [1.54, 1.807) is 6.07 Å². The Labute approximate surface area is 95.7 Å². The molecule has 0 aliphatic carbocycles. The fraction of sp³-hybridized carbons (Fsp3) is 0.417. The number of hydrogen-bond donors (Lipinski definition) is 3. The highest BCUT2D eigenvalue weighted by Gasteiger charge is 2.09. The summed E-state index contributed by atoms with van der Waals surface area (Å²) in [6, 6.07) is 5.41. The number of hydrogen-bond acceptors (Lipinski definition) is 3. The molecular weight excluding hydrogens is 204 g/mol. The summed E-state index contributed by atoms with van der Waals surface area (Å²) < 4.78 is 0. The molecule has 0 aliphatic rings. The van der Waals surface area contributed by atoms with Crippen LogP contribution in [0.25, 0.3) is 0 Å². The van der Waals surface area contributed by atoms with Gasteiger partial charge in [0, 0.05) is 12.2 Å². The van der Waals surface area contributed by atoms with E-state index in [2.05, 4.69) is 10.6 Å². The molecule has 4 heteroatoms. The quantitative estimate of drug-likeness (QED) is 0.641. The van der Waals surface area contributed by atoms with Gasteiger partial charge in [0.2, 0.25) is 0 Å². The lowest BCUT2D eigenvalue weighted by Crippen LogP contribution is -2.14. The molecule has 88 valence electrons. The van der Waals surface area contributed by atoms with Crippen LogP contribution in [0.15, 0.2) is 18.2 Å². The van der Waals surface area contributed by atoms with Gasteiger partial charge in [-0.05, 0) is 39.1 Å². The minimum absolute atomic E-state index is 0.337. The molecular formula is C12H18N2O2. The summed E-state index contributed by atoms with van der Waals surface area (Å²) in [5.74, 6) is -0.889. The number of aryl methyl sites for hydroxylation is 1. The first kappa shape index (κ1) is 12.5. The zero-order valence-corrected chi connectivity index (χ0v) is 9.71. The van der Waals surface area contributed by atoms with Crippen LogP contribution in [0.1, 0.15) is 22.3 Å². The third-order valence-corrected chi connectivity index (χ3v) is 2.32. The summed E-state index contributed by atoms with van der Waals surface area (Å²) >= 11 is 0. The molecule has 0 radical (unpaired) electrons. The largest absolute Gasteiger partial charge is 0.478 e. The van der Waals surface area contributed by atoms with Gasteiger partial charge in [0.1, 0.15) is 0 Å². The summed E-state index contributed by atoms with van der Waals surface area (Å²) in [5, 5.41) is 15.2. The van der Waals surface area contributed by atoms with Crippen LogP contribution in [0.2, 0.25) is 0 Å². The first-order valence-corrected chi connectivity index (χ1v) is 5.37. The van der Waals surface area contributed by atoms with Gasteiger partial charge in [-0.3, -0.25) is 0 Å². The maximum atomic E-state index is 11.0. The van der Waals surface area contributed by atoms with Crippen LogP contribution in [-0.4, -0.2) is 31.2 Å². The molecule has 0 unspecified atom stereocenters. The zero-order valence-electron chi connectivity index (χ0n) is 9.71. The number of anilines is 1. The van der Waals surface area contributed by atoms with E-state index < -0.39 is 5.97 Å². The van der Waals surface area contributed by atoms with E-state index in [0.29, 0.717) is 11.3 Å². The van der Waals surface area contributed by atoms with Gasteiger partial charge >= 0.3 is 5.97 Å². The molecule has 0 aliphatic heterocycles. The van der Waals surface area contributed by atoms with Crippen molar-refractivity contribution in [1.82, 2.24) is 5.32 Å². The smallest absolute Gasteiger partial charge is 0.337 e. The number of carbonyl (C=O) groups is 1. The topological polar surface area (TPSA) is 61.4 Å². The molecule has 0 saturated carbocycles. The van der Waals surface area contributed by atoms with Gasteiger partial charge in [0.05, 0.1) is 5.56 Å². The molecule has 1 aromatic rings. The summed E-state index contributed by atoms with van der Waals surface area (Å²) in [4.78, 5) is 11.0. The minimum Gasteiger partial charge on any atom is -0.478 e. The van der Waals surface area contributed by atoms with E-state index in [-0.39, 0.29) is 0 Å². The fourth-order valence-electron chi connectivity index (χ4n) is 1.48. The van der Waals surface area contributed by atoms with Crippen LogP contribution in [-0.2, 0) is 0 Å². The fourth-order valence-corrected chi connectivity index (χ4v) is 1.48. The van der Waals surface area contributed by atoms with Crippen molar-refractivity contribution in [2.45, 2.75) is 13.3 Å². The molecule has 0 amide bonds. The van der Waals surface area contributed by atoms with Crippen molar-refractivity contribution < 1.29 is 9.90 Å². The summed E-state index contributed by atoms with van der Waals surface area (Å²) in [6.45, 7) is 3.57.